The molecule has 0 saturated heterocycles. The molecule has 0 aliphatic heterocycles. The minimum atomic E-state index is 0.918. The number of para-hydroxylation sites is 1. The number of hydrogen-bond donors (Lipinski definition) is 0. The van der Waals surface area contributed by atoms with Crippen molar-refractivity contribution in [2.24, 2.45) is 0 Å². The molecule has 0 unspecified atom stereocenters. The van der Waals surface area contributed by atoms with Crippen LogP contribution in [0.1, 0.15) is 0 Å². The summed E-state index contributed by atoms with van der Waals surface area (Å²) in [4.78, 5) is 0. The minimum Gasteiger partial charge on any atom is -0.456 e. The van der Waals surface area contributed by atoms with Crippen LogP contribution in [-0.2, 0) is 0 Å². The third kappa shape index (κ3) is 4.10. The number of fused-ring (bicyclic) bond motifs is 9. The molecule has 9 aromatic carbocycles. The van der Waals surface area contributed by atoms with Gasteiger partial charge in [-0.1, -0.05) is 127 Å². The Balaban J connectivity index is 1.19. The van der Waals surface area contributed by atoms with Gasteiger partial charge in [0.05, 0.1) is 0 Å². The Morgan fingerprint density at radius 3 is 1.53 bits per heavy atom. The number of furan rings is 1. The van der Waals surface area contributed by atoms with Crippen LogP contribution >= 0.6 is 0 Å². The second kappa shape index (κ2) is 10.2. The number of rotatable bonds is 3. The summed E-state index contributed by atoms with van der Waals surface area (Å²) in [5.41, 5.74) is 9.17. The second-order valence-electron chi connectivity index (χ2n) is 12.5. The maximum absolute atomic E-state index is 6.12. The van der Waals surface area contributed by atoms with E-state index in [4.69, 9.17) is 4.42 Å². The van der Waals surface area contributed by atoms with E-state index in [-0.39, 0.29) is 0 Å². The standard InChI is InChI=1S/C46H28O/c1-2-11-30-24-34(21-20-29(30)10-1)41-28-43-37-16-5-3-14-35(37)40(27-42(43)38-17-6-4-15-36(38)41)33-13-9-12-31(25-33)32-22-23-46-44(26-32)39-18-7-8-19-45(39)47-46/h1-28H. The van der Waals surface area contributed by atoms with Crippen molar-refractivity contribution in [2.45, 2.75) is 0 Å². The van der Waals surface area contributed by atoms with Gasteiger partial charge in [0.25, 0.3) is 0 Å². The van der Waals surface area contributed by atoms with Gasteiger partial charge in [-0.15, -0.1) is 0 Å². The molecule has 0 saturated carbocycles. The van der Waals surface area contributed by atoms with Crippen LogP contribution in [0.2, 0.25) is 0 Å². The topological polar surface area (TPSA) is 13.1 Å². The summed E-state index contributed by atoms with van der Waals surface area (Å²) < 4.78 is 6.12. The van der Waals surface area contributed by atoms with Crippen LogP contribution in [0, 0.1) is 0 Å². The van der Waals surface area contributed by atoms with Crippen molar-refractivity contribution in [1.29, 1.82) is 0 Å². The average Bonchev–Trinajstić information content (AvgIpc) is 3.52. The van der Waals surface area contributed by atoms with E-state index in [0.717, 1.165) is 21.9 Å². The lowest BCUT2D eigenvalue weighted by atomic mass is 9.87. The first-order chi connectivity index (χ1) is 23.3. The summed E-state index contributed by atoms with van der Waals surface area (Å²) in [6.07, 6.45) is 0. The molecule has 1 heterocycles. The van der Waals surface area contributed by atoms with Crippen LogP contribution < -0.4 is 0 Å². The van der Waals surface area contributed by atoms with Crippen molar-refractivity contribution in [3.8, 4) is 33.4 Å². The molecule has 0 bridgehead atoms. The zero-order valence-corrected chi connectivity index (χ0v) is 25.6. The smallest absolute Gasteiger partial charge is 0.135 e. The Bertz CT molecular complexity index is 2850. The lowest BCUT2D eigenvalue weighted by Crippen LogP contribution is -1.89. The van der Waals surface area contributed by atoms with Gasteiger partial charge in [-0.05, 0) is 119 Å². The Hall–Kier alpha value is -6.18. The van der Waals surface area contributed by atoms with Gasteiger partial charge in [-0.2, -0.15) is 0 Å². The summed E-state index contributed by atoms with van der Waals surface area (Å²) in [6.45, 7) is 0. The van der Waals surface area contributed by atoms with Crippen LogP contribution in [0.4, 0.5) is 0 Å². The normalized spacial score (nSPS) is 11.8. The Morgan fingerprint density at radius 2 is 0.787 bits per heavy atom. The molecule has 0 aliphatic rings. The molecule has 0 amide bonds. The molecule has 1 aromatic heterocycles. The van der Waals surface area contributed by atoms with Gasteiger partial charge in [0.15, 0.2) is 0 Å². The zero-order valence-electron chi connectivity index (χ0n) is 25.6. The van der Waals surface area contributed by atoms with Gasteiger partial charge < -0.3 is 4.42 Å². The van der Waals surface area contributed by atoms with Crippen molar-refractivity contribution in [1.82, 2.24) is 0 Å². The minimum absolute atomic E-state index is 0.918. The zero-order chi connectivity index (χ0) is 30.9. The van der Waals surface area contributed by atoms with E-state index in [0.29, 0.717) is 0 Å². The molecular weight excluding hydrogens is 569 g/mol. The van der Waals surface area contributed by atoms with Gasteiger partial charge >= 0.3 is 0 Å². The van der Waals surface area contributed by atoms with Crippen molar-refractivity contribution < 1.29 is 4.42 Å². The Kier molecular flexibility index (Phi) is 5.64. The predicted octanol–water partition coefficient (Wildman–Crippen LogP) is 13.2. The highest BCUT2D eigenvalue weighted by Gasteiger charge is 2.15. The Morgan fingerprint density at radius 1 is 0.255 bits per heavy atom. The highest BCUT2D eigenvalue weighted by molar-refractivity contribution is 6.24. The van der Waals surface area contributed by atoms with E-state index in [9.17, 15) is 0 Å². The molecule has 0 aliphatic carbocycles. The van der Waals surface area contributed by atoms with Crippen molar-refractivity contribution in [2.75, 3.05) is 0 Å². The van der Waals surface area contributed by atoms with Crippen LogP contribution in [0.25, 0.3) is 98.4 Å². The fourth-order valence-electron chi connectivity index (χ4n) is 7.56. The lowest BCUT2D eigenvalue weighted by molar-refractivity contribution is 0.669. The van der Waals surface area contributed by atoms with Gasteiger partial charge in [0.1, 0.15) is 11.2 Å². The Labute approximate surface area is 271 Å². The first kappa shape index (κ1) is 26.1. The molecule has 0 fully saturated rings. The summed E-state index contributed by atoms with van der Waals surface area (Å²) in [7, 11) is 0. The van der Waals surface area contributed by atoms with Crippen molar-refractivity contribution >= 4 is 65.0 Å². The molecule has 0 atom stereocenters. The van der Waals surface area contributed by atoms with E-state index in [1.807, 2.05) is 12.1 Å². The number of benzene rings is 9. The summed E-state index contributed by atoms with van der Waals surface area (Å²) in [5.74, 6) is 0. The summed E-state index contributed by atoms with van der Waals surface area (Å²) in [5, 5.41) is 12.4. The molecule has 0 radical (unpaired) electrons. The third-order valence-electron chi connectivity index (χ3n) is 9.83. The maximum Gasteiger partial charge on any atom is 0.135 e. The molecule has 10 aromatic rings. The second-order valence-corrected chi connectivity index (χ2v) is 12.5. The van der Waals surface area contributed by atoms with E-state index < -0.39 is 0 Å². The van der Waals surface area contributed by atoms with E-state index in [1.54, 1.807) is 0 Å². The molecule has 0 N–H and O–H groups in total. The van der Waals surface area contributed by atoms with Gasteiger partial charge in [0.2, 0.25) is 0 Å². The van der Waals surface area contributed by atoms with Crippen LogP contribution in [-0.4, -0.2) is 0 Å². The average molecular weight is 597 g/mol. The lowest BCUT2D eigenvalue weighted by Gasteiger charge is -2.17. The van der Waals surface area contributed by atoms with Gasteiger partial charge in [-0.3, -0.25) is 0 Å². The van der Waals surface area contributed by atoms with E-state index >= 15 is 0 Å². The van der Waals surface area contributed by atoms with Crippen molar-refractivity contribution in [3.63, 3.8) is 0 Å². The van der Waals surface area contributed by atoms with Gasteiger partial charge in [-0.25, -0.2) is 0 Å². The largest absolute Gasteiger partial charge is 0.456 e. The fraction of sp³-hybridized carbons (Fsp3) is 0. The molecule has 10 rings (SSSR count). The van der Waals surface area contributed by atoms with Gasteiger partial charge in [0, 0.05) is 10.8 Å². The summed E-state index contributed by atoms with van der Waals surface area (Å²) in [6, 6.07) is 61.8. The molecular formula is C46H28O. The third-order valence-corrected chi connectivity index (χ3v) is 9.83. The first-order valence-electron chi connectivity index (χ1n) is 16.2. The summed E-state index contributed by atoms with van der Waals surface area (Å²) >= 11 is 0. The highest BCUT2D eigenvalue weighted by Crippen LogP contribution is 2.43. The fourth-order valence-corrected chi connectivity index (χ4v) is 7.56. The SMILES string of the molecule is c1cc(-c2ccc3oc4ccccc4c3c2)cc(-c2cc3c4ccccc4c(-c4ccc5ccccc5c4)cc3c3ccccc23)c1. The molecule has 0 spiro atoms. The molecule has 1 nitrogen and oxygen atoms in total. The maximum atomic E-state index is 6.12. The van der Waals surface area contributed by atoms with Crippen LogP contribution in [0.15, 0.2) is 174 Å². The van der Waals surface area contributed by atoms with E-state index in [1.165, 1.54) is 76.5 Å². The molecule has 47 heavy (non-hydrogen) atoms. The predicted molar refractivity (Wildman–Crippen MR) is 200 cm³/mol. The highest BCUT2D eigenvalue weighted by atomic mass is 16.3. The molecule has 218 valence electrons. The number of hydrogen-bond acceptors (Lipinski definition) is 1. The van der Waals surface area contributed by atoms with Crippen LogP contribution in [0.5, 0.6) is 0 Å². The quantitative estimate of drug-likeness (QED) is 0.185. The van der Waals surface area contributed by atoms with E-state index in [2.05, 4.69) is 158 Å². The first-order valence-corrected chi connectivity index (χ1v) is 16.2. The van der Waals surface area contributed by atoms with Crippen molar-refractivity contribution in [3.05, 3.63) is 170 Å². The monoisotopic (exact) mass is 596 g/mol. The molecule has 1 heteroatoms. The van der Waals surface area contributed by atoms with Crippen LogP contribution in [0.3, 0.4) is 0 Å².